The van der Waals surface area contributed by atoms with Crippen LogP contribution in [0.15, 0.2) is 24.3 Å². The fourth-order valence-corrected chi connectivity index (χ4v) is 3.40. The van der Waals surface area contributed by atoms with E-state index in [0.717, 1.165) is 36.0 Å². The first-order valence-corrected chi connectivity index (χ1v) is 7.62. The van der Waals surface area contributed by atoms with Crippen molar-refractivity contribution in [2.75, 3.05) is 13.7 Å². The number of rotatable bonds is 5. The fraction of sp³-hybridized carbons (Fsp3) is 0.647. The molecule has 0 aliphatic heterocycles. The van der Waals surface area contributed by atoms with Crippen molar-refractivity contribution in [3.63, 3.8) is 0 Å². The van der Waals surface area contributed by atoms with Gasteiger partial charge in [-0.3, -0.25) is 0 Å². The Balaban J connectivity index is 2.08. The second kappa shape index (κ2) is 7.09. The molecule has 0 amide bonds. The number of hydrogen-bond acceptors (Lipinski definition) is 3. The van der Waals surface area contributed by atoms with Gasteiger partial charge in [0.15, 0.2) is 0 Å². The second-order valence-corrected chi connectivity index (χ2v) is 6.14. The highest BCUT2D eigenvalue weighted by atomic mass is 16.5. The quantitative estimate of drug-likeness (QED) is 0.895. The van der Waals surface area contributed by atoms with Crippen LogP contribution in [0.3, 0.4) is 0 Å². The molecule has 2 N–H and O–H groups in total. The van der Waals surface area contributed by atoms with Crippen LogP contribution in [-0.4, -0.2) is 19.8 Å². The summed E-state index contributed by atoms with van der Waals surface area (Å²) in [5.41, 5.74) is 6.99. The molecule has 112 valence electrons. The molecule has 20 heavy (non-hydrogen) atoms. The Bertz CT molecular complexity index is 411. The highest BCUT2D eigenvalue weighted by Gasteiger charge is 2.27. The Morgan fingerprint density at radius 3 is 2.40 bits per heavy atom. The maximum Gasteiger partial charge on any atom is 0.124 e. The van der Waals surface area contributed by atoms with Crippen molar-refractivity contribution < 1.29 is 9.47 Å². The molecule has 0 saturated heterocycles. The van der Waals surface area contributed by atoms with E-state index in [4.69, 9.17) is 15.2 Å². The first-order chi connectivity index (χ1) is 9.63. The summed E-state index contributed by atoms with van der Waals surface area (Å²) in [6.45, 7) is 5.11. The summed E-state index contributed by atoms with van der Waals surface area (Å²) in [5, 5.41) is 0. The van der Waals surface area contributed by atoms with Gasteiger partial charge < -0.3 is 15.2 Å². The van der Waals surface area contributed by atoms with Crippen LogP contribution in [0.25, 0.3) is 0 Å². The van der Waals surface area contributed by atoms with E-state index in [1.54, 1.807) is 7.11 Å². The molecular formula is C17H27NO2. The lowest BCUT2D eigenvalue weighted by atomic mass is 9.81. The normalized spacial score (nSPS) is 28.1. The summed E-state index contributed by atoms with van der Waals surface area (Å²) in [6.07, 6.45) is 3.81. The van der Waals surface area contributed by atoms with Crippen LogP contribution in [0.4, 0.5) is 0 Å². The van der Waals surface area contributed by atoms with Crippen molar-refractivity contribution >= 4 is 0 Å². The Hall–Kier alpha value is -1.06. The minimum atomic E-state index is -0.0753. The first kappa shape index (κ1) is 15.3. The summed E-state index contributed by atoms with van der Waals surface area (Å²) < 4.78 is 11.7. The topological polar surface area (TPSA) is 44.5 Å². The van der Waals surface area contributed by atoms with Crippen LogP contribution in [0.5, 0.6) is 5.75 Å². The van der Waals surface area contributed by atoms with Gasteiger partial charge in [0.05, 0.1) is 19.3 Å². The zero-order chi connectivity index (χ0) is 14.5. The highest BCUT2D eigenvalue weighted by Crippen LogP contribution is 2.35. The molecule has 0 radical (unpaired) electrons. The van der Waals surface area contributed by atoms with Crippen LogP contribution in [0.2, 0.25) is 0 Å². The van der Waals surface area contributed by atoms with Crippen molar-refractivity contribution in [2.45, 2.75) is 45.3 Å². The molecule has 1 saturated carbocycles. The molecule has 2 rings (SSSR count). The lowest BCUT2D eigenvalue weighted by molar-refractivity contribution is -0.0472. The summed E-state index contributed by atoms with van der Waals surface area (Å²) in [7, 11) is 1.69. The minimum Gasteiger partial charge on any atom is -0.496 e. The molecule has 1 aromatic carbocycles. The average Bonchev–Trinajstić information content (AvgIpc) is 2.43. The van der Waals surface area contributed by atoms with Gasteiger partial charge in [-0.1, -0.05) is 32.0 Å². The average molecular weight is 277 g/mol. The minimum absolute atomic E-state index is 0.0753. The molecule has 0 bridgehead atoms. The van der Waals surface area contributed by atoms with Gasteiger partial charge in [-0.25, -0.2) is 0 Å². The van der Waals surface area contributed by atoms with Crippen molar-refractivity contribution in [3.05, 3.63) is 29.8 Å². The van der Waals surface area contributed by atoms with E-state index >= 15 is 0 Å². The maximum absolute atomic E-state index is 6.30. The largest absolute Gasteiger partial charge is 0.496 e. The predicted molar refractivity (Wildman–Crippen MR) is 81.8 cm³/mol. The second-order valence-electron chi connectivity index (χ2n) is 6.14. The first-order valence-electron chi connectivity index (χ1n) is 7.62. The number of para-hydroxylation sites is 1. The van der Waals surface area contributed by atoms with Gasteiger partial charge in [0.2, 0.25) is 0 Å². The van der Waals surface area contributed by atoms with E-state index in [1.165, 1.54) is 6.42 Å². The summed E-state index contributed by atoms with van der Waals surface area (Å²) in [4.78, 5) is 0. The Morgan fingerprint density at radius 1 is 1.15 bits per heavy atom. The molecule has 3 unspecified atom stereocenters. The van der Waals surface area contributed by atoms with Crippen LogP contribution < -0.4 is 10.5 Å². The molecule has 3 nitrogen and oxygen atoms in total. The van der Waals surface area contributed by atoms with Gasteiger partial charge in [0.1, 0.15) is 5.75 Å². The number of hydrogen-bond donors (Lipinski definition) is 1. The zero-order valence-corrected chi connectivity index (χ0v) is 12.8. The third kappa shape index (κ3) is 3.74. The number of benzene rings is 1. The zero-order valence-electron chi connectivity index (χ0n) is 12.8. The van der Waals surface area contributed by atoms with E-state index in [9.17, 15) is 0 Å². The SMILES string of the molecule is COc1ccccc1C(CN)OC1CC(C)CC(C)C1. The predicted octanol–water partition coefficient (Wildman–Crippen LogP) is 3.54. The number of ether oxygens (including phenoxy) is 2. The summed E-state index contributed by atoms with van der Waals surface area (Å²) in [5.74, 6) is 2.33. The fourth-order valence-electron chi connectivity index (χ4n) is 3.40. The monoisotopic (exact) mass is 277 g/mol. The molecule has 1 aliphatic carbocycles. The van der Waals surface area contributed by atoms with E-state index in [2.05, 4.69) is 13.8 Å². The molecule has 0 spiro atoms. The smallest absolute Gasteiger partial charge is 0.124 e. The van der Waals surface area contributed by atoms with Crippen LogP contribution >= 0.6 is 0 Å². The van der Waals surface area contributed by atoms with Gasteiger partial charge in [-0.2, -0.15) is 0 Å². The molecule has 3 heteroatoms. The molecule has 0 aromatic heterocycles. The van der Waals surface area contributed by atoms with Crippen LogP contribution in [0.1, 0.15) is 44.8 Å². The van der Waals surface area contributed by atoms with E-state index < -0.39 is 0 Å². The Kier molecular flexibility index (Phi) is 5.44. The van der Waals surface area contributed by atoms with Crippen LogP contribution in [0, 0.1) is 11.8 Å². The van der Waals surface area contributed by atoms with Crippen molar-refractivity contribution in [3.8, 4) is 5.75 Å². The van der Waals surface area contributed by atoms with Crippen molar-refractivity contribution in [1.82, 2.24) is 0 Å². The van der Waals surface area contributed by atoms with Gasteiger partial charge in [-0.05, 0) is 37.2 Å². The van der Waals surface area contributed by atoms with Crippen molar-refractivity contribution in [1.29, 1.82) is 0 Å². The highest BCUT2D eigenvalue weighted by molar-refractivity contribution is 5.35. The molecule has 1 aromatic rings. The Labute approximate surface area is 122 Å². The standard InChI is InChI=1S/C17H27NO2/c1-12-8-13(2)10-14(9-12)20-17(11-18)15-6-4-5-7-16(15)19-3/h4-7,12-14,17H,8-11,18H2,1-3H3. The van der Waals surface area contributed by atoms with Gasteiger partial charge in [0.25, 0.3) is 0 Å². The molecule has 1 fully saturated rings. The molecule has 3 atom stereocenters. The van der Waals surface area contributed by atoms with E-state index in [1.807, 2.05) is 24.3 Å². The Morgan fingerprint density at radius 2 is 1.80 bits per heavy atom. The lowest BCUT2D eigenvalue weighted by Crippen LogP contribution is -2.30. The number of nitrogens with two attached hydrogens (primary N) is 1. The lowest BCUT2D eigenvalue weighted by Gasteiger charge is -2.34. The third-order valence-corrected chi connectivity index (χ3v) is 4.19. The summed E-state index contributed by atoms with van der Waals surface area (Å²) >= 11 is 0. The van der Waals surface area contributed by atoms with E-state index in [-0.39, 0.29) is 6.10 Å². The van der Waals surface area contributed by atoms with Crippen LogP contribution in [-0.2, 0) is 4.74 Å². The maximum atomic E-state index is 6.30. The van der Waals surface area contributed by atoms with Gasteiger partial charge in [-0.15, -0.1) is 0 Å². The van der Waals surface area contributed by atoms with E-state index in [0.29, 0.717) is 12.6 Å². The molecule has 0 heterocycles. The van der Waals surface area contributed by atoms with Crippen molar-refractivity contribution in [2.24, 2.45) is 17.6 Å². The number of methoxy groups -OCH3 is 1. The summed E-state index contributed by atoms with van der Waals surface area (Å²) in [6, 6.07) is 8.00. The third-order valence-electron chi connectivity index (χ3n) is 4.19. The molecular weight excluding hydrogens is 250 g/mol. The molecule has 1 aliphatic rings. The van der Waals surface area contributed by atoms with Gasteiger partial charge in [0, 0.05) is 12.1 Å². The van der Waals surface area contributed by atoms with Gasteiger partial charge >= 0.3 is 0 Å².